The standard InChI is InChI=1S/C20H21BrCl2N2O2S/c1-13(20(27)24-2)25(10-14-6-8-15(21)9-7-14)19(26)12-28-11-16-17(22)4-3-5-18(16)23/h3-9,13H,10-12H2,1-2H3,(H,24,27)/t13-/m1/s1. The van der Waals surface area contributed by atoms with E-state index >= 15 is 0 Å². The Morgan fingerprint density at radius 2 is 1.75 bits per heavy atom. The second-order valence-electron chi connectivity index (χ2n) is 6.13. The molecule has 0 aliphatic heterocycles. The Hall–Kier alpha value is -1.21. The van der Waals surface area contributed by atoms with Gasteiger partial charge in [-0.15, -0.1) is 11.8 Å². The van der Waals surface area contributed by atoms with Crippen LogP contribution < -0.4 is 5.32 Å². The predicted octanol–water partition coefficient (Wildman–Crippen LogP) is 5.15. The van der Waals surface area contributed by atoms with Crippen molar-refractivity contribution in [3.63, 3.8) is 0 Å². The number of halogens is 3. The summed E-state index contributed by atoms with van der Waals surface area (Å²) in [6.07, 6.45) is 0. The molecule has 28 heavy (non-hydrogen) atoms. The van der Waals surface area contributed by atoms with Crippen molar-refractivity contribution in [2.45, 2.75) is 25.3 Å². The van der Waals surface area contributed by atoms with E-state index in [1.807, 2.05) is 24.3 Å². The van der Waals surface area contributed by atoms with Crippen molar-refractivity contribution in [2.75, 3.05) is 12.8 Å². The van der Waals surface area contributed by atoms with Gasteiger partial charge in [0.2, 0.25) is 11.8 Å². The summed E-state index contributed by atoms with van der Waals surface area (Å²) in [4.78, 5) is 26.6. The topological polar surface area (TPSA) is 49.4 Å². The Balaban J connectivity index is 2.07. The molecule has 2 aromatic carbocycles. The molecule has 0 fully saturated rings. The number of nitrogens with one attached hydrogen (secondary N) is 1. The maximum Gasteiger partial charge on any atom is 0.242 e. The number of benzene rings is 2. The van der Waals surface area contributed by atoms with Crippen LogP contribution in [0.1, 0.15) is 18.1 Å². The fourth-order valence-electron chi connectivity index (χ4n) is 2.57. The number of carbonyl (C=O) groups excluding carboxylic acids is 2. The smallest absolute Gasteiger partial charge is 0.242 e. The molecule has 0 aliphatic rings. The minimum Gasteiger partial charge on any atom is -0.357 e. The van der Waals surface area contributed by atoms with Crippen molar-refractivity contribution in [2.24, 2.45) is 0 Å². The molecule has 2 amide bonds. The molecule has 150 valence electrons. The Labute approximate surface area is 188 Å². The third-order valence-corrected chi connectivity index (χ3v) is 6.39. The Morgan fingerprint density at radius 1 is 1.14 bits per heavy atom. The molecule has 0 bridgehead atoms. The lowest BCUT2D eigenvalue weighted by atomic mass is 10.1. The average Bonchev–Trinajstić information content (AvgIpc) is 2.68. The van der Waals surface area contributed by atoms with Gasteiger partial charge in [-0.2, -0.15) is 0 Å². The van der Waals surface area contributed by atoms with Crippen LogP contribution in [-0.4, -0.2) is 35.6 Å². The first-order valence-electron chi connectivity index (χ1n) is 8.59. The quantitative estimate of drug-likeness (QED) is 0.541. The third kappa shape index (κ3) is 6.41. The number of hydrogen-bond donors (Lipinski definition) is 1. The van der Waals surface area contributed by atoms with Gasteiger partial charge in [0, 0.05) is 33.9 Å². The summed E-state index contributed by atoms with van der Waals surface area (Å²) in [6.45, 7) is 2.08. The number of carbonyl (C=O) groups is 2. The molecule has 0 aliphatic carbocycles. The maximum atomic E-state index is 12.9. The monoisotopic (exact) mass is 502 g/mol. The van der Waals surface area contributed by atoms with Gasteiger partial charge in [0.05, 0.1) is 5.75 Å². The molecule has 2 rings (SSSR count). The summed E-state index contributed by atoms with van der Waals surface area (Å²) in [5, 5.41) is 3.77. The minimum atomic E-state index is -0.578. The molecule has 0 spiro atoms. The normalized spacial score (nSPS) is 11.8. The molecule has 4 nitrogen and oxygen atoms in total. The molecule has 0 radical (unpaired) electrons. The van der Waals surface area contributed by atoms with E-state index in [1.165, 1.54) is 11.8 Å². The van der Waals surface area contributed by atoms with E-state index in [2.05, 4.69) is 21.2 Å². The van der Waals surface area contributed by atoms with Crippen LogP contribution in [0.15, 0.2) is 46.9 Å². The van der Waals surface area contributed by atoms with Gasteiger partial charge in [-0.05, 0) is 42.3 Å². The molecule has 0 heterocycles. The lowest BCUT2D eigenvalue weighted by Crippen LogP contribution is -2.47. The van der Waals surface area contributed by atoms with Crippen molar-refractivity contribution in [1.29, 1.82) is 0 Å². The fraction of sp³-hybridized carbons (Fsp3) is 0.300. The van der Waals surface area contributed by atoms with Crippen molar-refractivity contribution in [3.8, 4) is 0 Å². The molecule has 0 aromatic heterocycles. The number of hydrogen-bond acceptors (Lipinski definition) is 3. The van der Waals surface area contributed by atoms with Crippen LogP contribution >= 0.6 is 50.9 Å². The second-order valence-corrected chi connectivity index (χ2v) is 8.85. The molecule has 8 heteroatoms. The van der Waals surface area contributed by atoms with Gasteiger partial charge in [-0.3, -0.25) is 9.59 Å². The van der Waals surface area contributed by atoms with E-state index in [0.29, 0.717) is 22.3 Å². The average molecular weight is 504 g/mol. The molecular formula is C20H21BrCl2N2O2S. The summed E-state index contributed by atoms with van der Waals surface area (Å²) in [6, 6.07) is 12.4. The molecule has 1 N–H and O–H groups in total. The van der Waals surface area contributed by atoms with Crippen LogP contribution in [-0.2, 0) is 21.9 Å². The molecule has 0 unspecified atom stereocenters. The number of thioether (sulfide) groups is 1. The molecule has 0 saturated carbocycles. The Kier molecular flexibility index (Phi) is 9.15. The summed E-state index contributed by atoms with van der Waals surface area (Å²) in [7, 11) is 1.56. The van der Waals surface area contributed by atoms with Crippen molar-refractivity contribution >= 4 is 62.7 Å². The van der Waals surface area contributed by atoms with E-state index in [4.69, 9.17) is 23.2 Å². The minimum absolute atomic E-state index is 0.118. The zero-order chi connectivity index (χ0) is 20.7. The highest BCUT2D eigenvalue weighted by atomic mass is 79.9. The number of likely N-dealkylation sites (N-methyl/N-ethyl adjacent to an activating group) is 1. The van der Waals surface area contributed by atoms with Gasteiger partial charge < -0.3 is 10.2 Å². The highest BCUT2D eigenvalue weighted by Crippen LogP contribution is 2.28. The second kappa shape index (κ2) is 11.1. The van der Waals surface area contributed by atoms with Gasteiger partial charge in [-0.1, -0.05) is 57.3 Å². The zero-order valence-electron chi connectivity index (χ0n) is 15.5. The third-order valence-electron chi connectivity index (χ3n) is 4.21. The molecule has 2 aromatic rings. The molecular weight excluding hydrogens is 483 g/mol. The first-order valence-corrected chi connectivity index (χ1v) is 11.3. The van der Waals surface area contributed by atoms with Crippen LogP contribution in [0.4, 0.5) is 0 Å². The van der Waals surface area contributed by atoms with Gasteiger partial charge in [0.1, 0.15) is 6.04 Å². The van der Waals surface area contributed by atoms with Gasteiger partial charge in [-0.25, -0.2) is 0 Å². The number of amides is 2. The van der Waals surface area contributed by atoms with E-state index in [-0.39, 0.29) is 17.6 Å². The predicted molar refractivity (Wildman–Crippen MR) is 121 cm³/mol. The van der Waals surface area contributed by atoms with Crippen molar-refractivity contribution in [1.82, 2.24) is 10.2 Å². The Bertz CT molecular complexity index is 813. The van der Waals surface area contributed by atoms with Crippen molar-refractivity contribution in [3.05, 3.63) is 68.1 Å². The van der Waals surface area contributed by atoms with Crippen LogP contribution in [0, 0.1) is 0 Å². The first kappa shape index (κ1) is 23.1. The first-order chi connectivity index (χ1) is 13.3. The number of nitrogens with zero attached hydrogens (tertiary/aromatic N) is 1. The van der Waals surface area contributed by atoms with E-state index < -0.39 is 6.04 Å². The SMILES string of the molecule is CNC(=O)[C@@H](C)N(Cc1ccc(Br)cc1)C(=O)CSCc1c(Cl)cccc1Cl. The van der Waals surface area contributed by atoms with E-state index in [1.54, 1.807) is 37.1 Å². The fourth-order valence-corrected chi connectivity index (χ4v) is 4.48. The Morgan fingerprint density at radius 3 is 2.32 bits per heavy atom. The van der Waals surface area contributed by atoms with Gasteiger partial charge in [0.25, 0.3) is 0 Å². The van der Waals surface area contributed by atoms with Crippen LogP contribution in [0.2, 0.25) is 10.0 Å². The largest absolute Gasteiger partial charge is 0.357 e. The van der Waals surface area contributed by atoms with Crippen LogP contribution in [0.5, 0.6) is 0 Å². The van der Waals surface area contributed by atoms with Gasteiger partial charge >= 0.3 is 0 Å². The maximum absolute atomic E-state index is 12.9. The highest BCUT2D eigenvalue weighted by molar-refractivity contribution is 9.10. The number of rotatable bonds is 8. The molecule has 0 saturated heterocycles. The van der Waals surface area contributed by atoms with E-state index in [9.17, 15) is 9.59 Å². The summed E-state index contributed by atoms with van der Waals surface area (Å²) >= 11 is 17.2. The van der Waals surface area contributed by atoms with E-state index in [0.717, 1.165) is 15.6 Å². The lowest BCUT2D eigenvalue weighted by Gasteiger charge is -2.28. The van der Waals surface area contributed by atoms with Crippen molar-refractivity contribution < 1.29 is 9.59 Å². The summed E-state index contributed by atoms with van der Waals surface area (Å²) < 4.78 is 0.959. The molecule has 1 atom stereocenters. The van der Waals surface area contributed by atoms with Crippen LogP contribution in [0.3, 0.4) is 0 Å². The summed E-state index contributed by atoms with van der Waals surface area (Å²) in [5.74, 6) is 0.418. The summed E-state index contributed by atoms with van der Waals surface area (Å²) in [5.41, 5.74) is 1.76. The van der Waals surface area contributed by atoms with Crippen LogP contribution in [0.25, 0.3) is 0 Å². The lowest BCUT2D eigenvalue weighted by molar-refractivity contribution is -0.138. The highest BCUT2D eigenvalue weighted by Gasteiger charge is 2.25. The zero-order valence-corrected chi connectivity index (χ0v) is 19.5. The van der Waals surface area contributed by atoms with Gasteiger partial charge in [0.15, 0.2) is 0 Å².